The van der Waals surface area contributed by atoms with Crippen molar-refractivity contribution in [2.45, 2.75) is 43.7 Å². The van der Waals surface area contributed by atoms with Crippen LogP contribution in [0.3, 0.4) is 0 Å². The third-order valence-corrected chi connectivity index (χ3v) is 7.30. The van der Waals surface area contributed by atoms with E-state index in [9.17, 15) is 13.2 Å². The zero-order valence-corrected chi connectivity index (χ0v) is 19.3. The maximum absolute atomic E-state index is 13.0. The molecule has 2 aromatic rings. The van der Waals surface area contributed by atoms with Gasteiger partial charge in [-0.05, 0) is 79.2 Å². The van der Waals surface area contributed by atoms with Gasteiger partial charge in [0.25, 0.3) is 15.9 Å². The zero-order valence-electron chi connectivity index (χ0n) is 16.9. The minimum absolute atomic E-state index is 0.204. The summed E-state index contributed by atoms with van der Waals surface area (Å²) in [6, 6.07) is 7.94. The van der Waals surface area contributed by atoms with Gasteiger partial charge in [0.05, 0.1) is 5.56 Å². The van der Waals surface area contributed by atoms with Crippen LogP contribution in [0, 0.1) is 5.92 Å². The Bertz CT molecular complexity index is 1090. The third kappa shape index (κ3) is 4.15. The van der Waals surface area contributed by atoms with E-state index < -0.39 is 15.9 Å². The van der Waals surface area contributed by atoms with Crippen LogP contribution in [-0.2, 0) is 10.0 Å². The first-order chi connectivity index (χ1) is 14.2. The summed E-state index contributed by atoms with van der Waals surface area (Å²) in [4.78, 5) is 23.9. The van der Waals surface area contributed by atoms with Crippen molar-refractivity contribution < 1.29 is 13.2 Å². The van der Waals surface area contributed by atoms with Gasteiger partial charge in [0.15, 0.2) is 5.03 Å². The minimum Gasteiger partial charge on any atom is -0.370 e. The van der Waals surface area contributed by atoms with Gasteiger partial charge in [0.1, 0.15) is 16.2 Å². The van der Waals surface area contributed by atoms with Gasteiger partial charge in [0, 0.05) is 18.6 Å². The number of aromatic nitrogens is 2. The van der Waals surface area contributed by atoms with Crippen molar-refractivity contribution >= 4 is 43.5 Å². The Kier molecular flexibility index (Phi) is 5.48. The van der Waals surface area contributed by atoms with E-state index in [0.29, 0.717) is 28.7 Å². The molecule has 0 unspecified atom stereocenters. The number of halogens is 1. The van der Waals surface area contributed by atoms with Crippen LogP contribution in [0.2, 0.25) is 0 Å². The fourth-order valence-corrected chi connectivity index (χ4v) is 5.50. The Balaban J connectivity index is 1.80. The topological polar surface area (TPSA) is 104 Å². The van der Waals surface area contributed by atoms with Crippen molar-refractivity contribution in [3.63, 3.8) is 0 Å². The van der Waals surface area contributed by atoms with E-state index in [1.54, 1.807) is 24.3 Å². The van der Waals surface area contributed by atoms with Crippen LogP contribution < -0.4 is 14.9 Å². The molecule has 160 valence electrons. The van der Waals surface area contributed by atoms with E-state index in [0.717, 1.165) is 25.8 Å². The van der Waals surface area contributed by atoms with Crippen LogP contribution in [-0.4, -0.2) is 42.9 Å². The van der Waals surface area contributed by atoms with E-state index in [1.807, 2.05) is 0 Å². The van der Waals surface area contributed by atoms with Crippen LogP contribution >= 0.6 is 15.9 Å². The minimum atomic E-state index is -4.13. The van der Waals surface area contributed by atoms with Gasteiger partial charge in [-0.25, -0.2) is 14.7 Å². The monoisotopic (exact) mass is 493 g/mol. The van der Waals surface area contributed by atoms with Gasteiger partial charge < -0.3 is 10.2 Å². The van der Waals surface area contributed by atoms with Gasteiger partial charge >= 0.3 is 0 Å². The molecule has 10 heteroatoms. The fraction of sp³-hybridized carbons (Fsp3) is 0.450. The lowest BCUT2D eigenvalue weighted by molar-refractivity contribution is 0.0981. The summed E-state index contributed by atoms with van der Waals surface area (Å²) in [5.74, 6) is 0.685. The highest BCUT2D eigenvalue weighted by molar-refractivity contribution is 9.10. The number of fused-ring (bicyclic) bond motifs is 6. The van der Waals surface area contributed by atoms with Crippen molar-refractivity contribution in [2.24, 2.45) is 5.92 Å². The molecule has 0 aliphatic carbocycles. The summed E-state index contributed by atoms with van der Waals surface area (Å²) in [6.07, 6.45) is 2.91. The van der Waals surface area contributed by atoms with Crippen LogP contribution in [0.15, 0.2) is 40.0 Å². The first kappa shape index (κ1) is 21.0. The molecule has 0 aromatic carbocycles. The number of anilines is 2. The van der Waals surface area contributed by atoms with E-state index in [1.165, 1.54) is 6.07 Å². The number of nitrogens with zero attached hydrogens (tertiary/aromatic N) is 3. The van der Waals surface area contributed by atoms with Crippen LogP contribution in [0.4, 0.5) is 11.6 Å². The van der Waals surface area contributed by atoms with E-state index in [-0.39, 0.29) is 16.1 Å². The average molecular weight is 494 g/mol. The Hall–Kier alpha value is -2.20. The Labute approximate surface area is 184 Å². The summed E-state index contributed by atoms with van der Waals surface area (Å²) in [7, 11) is -4.13. The highest BCUT2D eigenvalue weighted by Gasteiger charge is 2.40. The molecule has 4 heterocycles. The van der Waals surface area contributed by atoms with Crippen molar-refractivity contribution in [3.05, 3.63) is 40.5 Å². The Morgan fingerprint density at radius 1 is 1.20 bits per heavy atom. The fourth-order valence-electron chi connectivity index (χ4n) is 4.26. The lowest BCUT2D eigenvalue weighted by atomic mass is 9.93. The first-order valence-corrected chi connectivity index (χ1v) is 12.2. The number of pyridine rings is 2. The lowest BCUT2D eigenvalue weighted by Crippen LogP contribution is -2.41. The standard InChI is InChI=1S/C20H24BrN5O3S/c1-20(2)11-13-5-4-10-22-16-6-3-7-17(24-16)30(28,29)25-19(27)14-8-9-15(21)23-18(14)26(20)12-13/h3,6-9,13H,4-5,10-12H2,1-2H3,(H,22,24)(H,25,27)/t13-/m0/s1. The number of amides is 1. The molecule has 1 amide bonds. The Morgan fingerprint density at radius 3 is 2.80 bits per heavy atom. The predicted octanol–water partition coefficient (Wildman–Crippen LogP) is 3.17. The number of nitrogens with one attached hydrogen (secondary N) is 2. The Morgan fingerprint density at radius 2 is 2.00 bits per heavy atom. The SMILES string of the molecule is CC1(C)C[C@@H]2CCCNc3cccc(n3)S(=O)(=O)NC(=O)c3ccc(Br)nc3N1C2. The average Bonchev–Trinajstić information content (AvgIpc) is 2.98. The van der Waals surface area contributed by atoms with E-state index in [4.69, 9.17) is 0 Å². The number of hydrogen-bond donors (Lipinski definition) is 2. The maximum Gasteiger partial charge on any atom is 0.281 e. The molecular formula is C20H24BrN5O3S. The van der Waals surface area contributed by atoms with E-state index >= 15 is 0 Å². The number of hydrogen-bond acceptors (Lipinski definition) is 7. The number of rotatable bonds is 0. The molecule has 2 N–H and O–H groups in total. The number of carbonyl (C=O) groups is 1. The normalized spacial score (nSPS) is 22.8. The largest absolute Gasteiger partial charge is 0.370 e. The predicted molar refractivity (Wildman–Crippen MR) is 118 cm³/mol. The summed E-state index contributed by atoms with van der Waals surface area (Å²) >= 11 is 3.39. The molecule has 4 bridgehead atoms. The van der Waals surface area contributed by atoms with Gasteiger partial charge in [-0.2, -0.15) is 8.42 Å². The third-order valence-electron chi connectivity index (χ3n) is 5.62. The number of sulfonamides is 1. The van der Waals surface area contributed by atoms with Crippen LogP contribution in [0.1, 0.15) is 43.5 Å². The lowest BCUT2D eigenvalue weighted by Gasteiger charge is -2.33. The highest BCUT2D eigenvalue weighted by atomic mass is 79.9. The summed E-state index contributed by atoms with van der Waals surface area (Å²) in [5, 5.41) is 2.98. The molecule has 2 aromatic heterocycles. The van der Waals surface area contributed by atoms with Crippen LogP contribution in [0.25, 0.3) is 0 Å². The maximum atomic E-state index is 13.0. The molecule has 1 saturated heterocycles. The molecule has 0 spiro atoms. The molecular weight excluding hydrogens is 470 g/mol. The quantitative estimate of drug-likeness (QED) is 0.543. The second-order valence-electron chi connectivity index (χ2n) is 8.36. The van der Waals surface area contributed by atoms with Crippen molar-refractivity contribution in [1.82, 2.24) is 14.7 Å². The zero-order chi connectivity index (χ0) is 21.5. The molecule has 4 rings (SSSR count). The van der Waals surface area contributed by atoms with Gasteiger partial charge in [-0.3, -0.25) is 4.79 Å². The molecule has 0 saturated carbocycles. The number of carbonyl (C=O) groups excluding carboxylic acids is 1. The van der Waals surface area contributed by atoms with Gasteiger partial charge in [0.2, 0.25) is 0 Å². The summed E-state index contributed by atoms with van der Waals surface area (Å²) in [6.45, 7) is 5.71. The van der Waals surface area contributed by atoms with Crippen molar-refractivity contribution in [2.75, 3.05) is 23.3 Å². The second-order valence-corrected chi connectivity index (χ2v) is 10.8. The van der Waals surface area contributed by atoms with Gasteiger partial charge in [-0.15, -0.1) is 0 Å². The van der Waals surface area contributed by atoms with E-state index in [2.05, 4.69) is 54.7 Å². The molecule has 30 heavy (non-hydrogen) atoms. The molecule has 8 nitrogen and oxygen atoms in total. The second kappa shape index (κ2) is 7.81. The summed E-state index contributed by atoms with van der Waals surface area (Å²) < 4.78 is 28.4. The van der Waals surface area contributed by atoms with Gasteiger partial charge in [-0.1, -0.05) is 6.07 Å². The molecule has 1 fully saturated rings. The van der Waals surface area contributed by atoms with Crippen LogP contribution in [0.5, 0.6) is 0 Å². The highest BCUT2D eigenvalue weighted by Crippen LogP contribution is 2.39. The molecule has 1 atom stereocenters. The first-order valence-electron chi connectivity index (χ1n) is 9.88. The smallest absolute Gasteiger partial charge is 0.281 e. The molecule has 0 radical (unpaired) electrons. The summed E-state index contributed by atoms with van der Waals surface area (Å²) in [5.41, 5.74) is 0.0163. The van der Waals surface area contributed by atoms with Crippen molar-refractivity contribution in [1.29, 1.82) is 0 Å². The molecule has 2 aliphatic heterocycles. The molecule has 2 aliphatic rings. The van der Waals surface area contributed by atoms with Crippen molar-refractivity contribution in [3.8, 4) is 0 Å².